The molecule has 2 unspecified atom stereocenters. The monoisotopic (exact) mass is 272 g/mol. The van der Waals surface area contributed by atoms with Crippen molar-refractivity contribution in [1.29, 1.82) is 0 Å². The van der Waals surface area contributed by atoms with E-state index in [1.807, 2.05) is 36.4 Å². The van der Waals surface area contributed by atoms with E-state index in [2.05, 4.69) is 30.6 Å². The number of ether oxygens (including phenoxy) is 1. The fourth-order valence-electron chi connectivity index (χ4n) is 2.24. The molecule has 1 aromatic rings. The smallest absolute Gasteiger partial charge is 0.319 e. The van der Waals surface area contributed by atoms with Gasteiger partial charge in [0.2, 0.25) is 0 Å². The molecule has 0 saturated heterocycles. The van der Waals surface area contributed by atoms with Crippen molar-refractivity contribution < 1.29 is 9.53 Å². The van der Waals surface area contributed by atoms with Crippen molar-refractivity contribution in [3.05, 3.63) is 48.1 Å². The van der Waals surface area contributed by atoms with Crippen LogP contribution in [0.5, 0.6) is 5.75 Å². The van der Waals surface area contributed by atoms with Crippen LogP contribution >= 0.6 is 0 Å². The molecule has 0 aromatic heterocycles. The van der Waals surface area contributed by atoms with Crippen molar-refractivity contribution in [2.45, 2.75) is 19.9 Å². The Morgan fingerprint density at radius 3 is 2.75 bits per heavy atom. The van der Waals surface area contributed by atoms with Crippen LogP contribution in [0, 0.1) is 5.92 Å². The minimum Gasteiger partial charge on any atom is -0.495 e. The lowest BCUT2D eigenvalue weighted by Gasteiger charge is -2.23. The van der Waals surface area contributed by atoms with Crippen LogP contribution in [0.4, 0.5) is 10.5 Å². The van der Waals surface area contributed by atoms with Crippen molar-refractivity contribution in [1.82, 2.24) is 5.32 Å². The Kier molecular flexibility index (Phi) is 4.45. The highest BCUT2D eigenvalue weighted by atomic mass is 16.5. The molecule has 0 fully saturated rings. The Balaban J connectivity index is 1.98. The topological polar surface area (TPSA) is 50.4 Å². The Morgan fingerprint density at radius 1 is 1.30 bits per heavy atom. The van der Waals surface area contributed by atoms with E-state index in [-0.39, 0.29) is 18.0 Å². The molecule has 1 aliphatic carbocycles. The van der Waals surface area contributed by atoms with Crippen LogP contribution < -0.4 is 15.4 Å². The molecular formula is C16H20N2O2. The van der Waals surface area contributed by atoms with Gasteiger partial charge in [-0.15, -0.1) is 0 Å². The van der Waals surface area contributed by atoms with E-state index in [1.165, 1.54) is 5.57 Å². The fraction of sp³-hybridized carbons (Fsp3) is 0.312. The molecule has 2 atom stereocenters. The molecule has 0 spiro atoms. The van der Waals surface area contributed by atoms with Crippen molar-refractivity contribution in [2.75, 3.05) is 12.4 Å². The maximum absolute atomic E-state index is 12.0. The number of para-hydroxylation sites is 2. The van der Waals surface area contributed by atoms with Crippen molar-refractivity contribution in [2.24, 2.45) is 5.92 Å². The van der Waals surface area contributed by atoms with Gasteiger partial charge in [-0.25, -0.2) is 4.79 Å². The molecule has 1 aliphatic rings. The molecule has 0 radical (unpaired) electrons. The first-order valence-corrected chi connectivity index (χ1v) is 6.67. The highest BCUT2D eigenvalue weighted by molar-refractivity contribution is 5.91. The minimum atomic E-state index is -0.232. The lowest BCUT2D eigenvalue weighted by molar-refractivity contribution is 0.248. The van der Waals surface area contributed by atoms with Crippen LogP contribution in [0.1, 0.15) is 13.8 Å². The average Bonchev–Trinajstić information content (AvgIpc) is 2.42. The molecule has 0 aliphatic heterocycles. The summed E-state index contributed by atoms with van der Waals surface area (Å²) in [5.41, 5.74) is 1.88. The highest BCUT2D eigenvalue weighted by Gasteiger charge is 2.18. The van der Waals surface area contributed by atoms with Gasteiger partial charge in [0.25, 0.3) is 0 Å². The van der Waals surface area contributed by atoms with E-state index < -0.39 is 0 Å². The molecule has 4 heteroatoms. The zero-order chi connectivity index (χ0) is 14.5. The standard InChI is InChI=1S/C16H20N2O2/c1-11-8-9-13(12(2)10-11)17-16(19)18-14-6-4-5-7-15(14)20-3/h4-10,12-13H,1-3H3,(H2,17,18,19). The van der Waals surface area contributed by atoms with Gasteiger partial charge >= 0.3 is 6.03 Å². The molecule has 0 saturated carbocycles. The number of carbonyl (C=O) groups excluding carboxylic acids is 1. The number of hydrogen-bond acceptors (Lipinski definition) is 2. The lowest BCUT2D eigenvalue weighted by Crippen LogP contribution is -2.40. The van der Waals surface area contributed by atoms with Crippen LogP contribution in [0.3, 0.4) is 0 Å². The first-order valence-electron chi connectivity index (χ1n) is 6.67. The molecule has 106 valence electrons. The maximum atomic E-state index is 12.0. The minimum absolute atomic E-state index is 0.00778. The number of urea groups is 1. The third-order valence-corrected chi connectivity index (χ3v) is 3.31. The number of rotatable bonds is 3. The summed E-state index contributed by atoms with van der Waals surface area (Å²) in [7, 11) is 1.58. The van der Waals surface area contributed by atoms with Crippen molar-refractivity contribution in [3.8, 4) is 5.75 Å². The normalized spacial score (nSPS) is 21.1. The molecule has 2 amide bonds. The largest absolute Gasteiger partial charge is 0.495 e. The van der Waals surface area contributed by atoms with Gasteiger partial charge in [0.15, 0.2) is 0 Å². The maximum Gasteiger partial charge on any atom is 0.319 e. The Labute approximate surface area is 119 Å². The van der Waals surface area contributed by atoms with E-state index in [9.17, 15) is 4.79 Å². The van der Waals surface area contributed by atoms with Crippen LogP contribution in [-0.4, -0.2) is 19.2 Å². The summed E-state index contributed by atoms with van der Waals surface area (Å²) >= 11 is 0. The van der Waals surface area contributed by atoms with Gasteiger partial charge in [-0.2, -0.15) is 0 Å². The zero-order valence-corrected chi connectivity index (χ0v) is 12.0. The van der Waals surface area contributed by atoms with E-state index in [1.54, 1.807) is 7.11 Å². The molecular weight excluding hydrogens is 252 g/mol. The van der Waals surface area contributed by atoms with Crippen molar-refractivity contribution >= 4 is 11.7 Å². The molecule has 2 rings (SSSR count). The fourth-order valence-corrected chi connectivity index (χ4v) is 2.24. The number of allylic oxidation sites excluding steroid dienone is 2. The predicted octanol–water partition coefficient (Wildman–Crippen LogP) is 3.34. The third kappa shape index (κ3) is 3.41. The third-order valence-electron chi connectivity index (χ3n) is 3.31. The summed E-state index contributed by atoms with van der Waals surface area (Å²) in [6.45, 7) is 4.14. The summed E-state index contributed by atoms with van der Waals surface area (Å²) in [6.07, 6.45) is 6.18. The molecule has 2 N–H and O–H groups in total. The lowest BCUT2D eigenvalue weighted by atomic mass is 9.94. The van der Waals surface area contributed by atoms with Gasteiger partial charge in [-0.3, -0.25) is 0 Å². The molecule has 1 aromatic carbocycles. The summed E-state index contributed by atoms with van der Waals surface area (Å²) in [5.74, 6) is 0.925. The quantitative estimate of drug-likeness (QED) is 0.886. The van der Waals surface area contributed by atoms with E-state index >= 15 is 0 Å². The molecule has 0 bridgehead atoms. The zero-order valence-electron chi connectivity index (χ0n) is 12.0. The summed E-state index contributed by atoms with van der Waals surface area (Å²) in [5, 5.41) is 5.76. The molecule has 20 heavy (non-hydrogen) atoms. The Hall–Kier alpha value is -2.23. The first kappa shape index (κ1) is 14.2. The van der Waals surface area contributed by atoms with Gasteiger partial charge in [0, 0.05) is 0 Å². The van der Waals surface area contributed by atoms with Gasteiger partial charge < -0.3 is 15.4 Å². The first-order chi connectivity index (χ1) is 9.60. The van der Waals surface area contributed by atoms with E-state index in [0.717, 1.165) is 0 Å². The predicted molar refractivity (Wildman–Crippen MR) is 81.0 cm³/mol. The average molecular weight is 272 g/mol. The number of carbonyl (C=O) groups is 1. The van der Waals surface area contributed by atoms with Gasteiger partial charge in [-0.05, 0) is 25.0 Å². The second-order valence-corrected chi connectivity index (χ2v) is 4.95. The summed E-state index contributed by atoms with van der Waals surface area (Å²) in [6, 6.07) is 7.11. The SMILES string of the molecule is COc1ccccc1NC(=O)NC1C=CC(C)=CC1C. The Morgan fingerprint density at radius 2 is 2.05 bits per heavy atom. The van der Waals surface area contributed by atoms with Crippen molar-refractivity contribution in [3.63, 3.8) is 0 Å². The van der Waals surface area contributed by atoms with Gasteiger partial charge in [-0.1, -0.05) is 42.9 Å². The van der Waals surface area contributed by atoms with Crippen LogP contribution in [0.25, 0.3) is 0 Å². The number of anilines is 1. The van der Waals surface area contributed by atoms with E-state index in [0.29, 0.717) is 11.4 Å². The van der Waals surface area contributed by atoms with Gasteiger partial charge in [0.05, 0.1) is 18.8 Å². The highest BCUT2D eigenvalue weighted by Crippen LogP contribution is 2.23. The van der Waals surface area contributed by atoms with E-state index in [4.69, 9.17) is 4.74 Å². The van der Waals surface area contributed by atoms with Crippen LogP contribution in [-0.2, 0) is 0 Å². The molecule has 0 heterocycles. The van der Waals surface area contributed by atoms with Gasteiger partial charge in [0.1, 0.15) is 5.75 Å². The van der Waals surface area contributed by atoms with Crippen LogP contribution in [0.15, 0.2) is 48.1 Å². The number of hydrogen-bond donors (Lipinski definition) is 2. The Bertz CT molecular complexity index is 549. The second-order valence-electron chi connectivity index (χ2n) is 4.95. The number of methoxy groups -OCH3 is 1. The number of nitrogens with one attached hydrogen (secondary N) is 2. The number of amides is 2. The number of benzene rings is 1. The summed E-state index contributed by atoms with van der Waals surface area (Å²) in [4.78, 5) is 12.0. The molecule has 4 nitrogen and oxygen atoms in total. The van der Waals surface area contributed by atoms with Crippen LogP contribution in [0.2, 0.25) is 0 Å². The summed E-state index contributed by atoms with van der Waals surface area (Å²) < 4.78 is 5.21. The second kappa shape index (κ2) is 6.28.